The number of anilines is 1. The maximum absolute atomic E-state index is 9.55. The highest BCUT2D eigenvalue weighted by Crippen LogP contribution is 2.27. The summed E-state index contributed by atoms with van der Waals surface area (Å²) in [6.45, 7) is 2.00. The van der Waals surface area contributed by atoms with Crippen molar-refractivity contribution in [2.45, 2.75) is 18.4 Å². The third-order valence-electron chi connectivity index (χ3n) is 3.58. The van der Waals surface area contributed by atoms with Gasteiger partial charge < -0.3 is 15.3 Å². The Kier molecular flexibility index (Phi) is 3.92. The molecule has 3 nitrogen and oxygen atoms in total. The Labute approximate surface area is 107 Å². The summed E-state index contributed by atoms with van der Waals surface area (Å²) in [5.74, 6) is 0. The van der Waals surface area contributed by atoms with Crippen LogP contribution in [0.2, 0.25) is 5.02 Å². The molecule has 17 heavy (non-hydrogen) atoms. The van der Waals surface area contributed by atoms with Crippen LogP contribution < -0.4 is 10.2 Å². The van der Waals surface area contributed by atoms with Crippen LogP contribution in [0.5, 0.6) is 0 Å². The molecular weight excluding hydrogens is 236 g/mol. The van der Waals surface area contributed by atoms with Crippen LogP contribution in [0.4, 0.5) is 5.69 Å². The number of nitrogens with one attached hydrogen (secondary N) is 1. The minimum atomic E-state index is -0.180. The lowest BCUT2D eigenvalue weighted by Gasteiger charge is -2.42. The summed E-state index contributed by atoms with van der Waals surface area (Å²) in [7, 11) is 1.91. The third-order valence-corrected chi connectivity index (χ3v) is 3.82. The lowest BCUT2D eigenvalue weighted by Crippen LogP contribution is -2.58. The topological polar surface area (TPSA) is 35.5 Å². The largest absolute Gasteiger partial charge is 0.394 e. The maximum atomic E-state index is 9.55. The second kappa shape index (κ2) is 5.25. The Bertz CT molecular complexity index is 379. The fraction of sp³-hybridized carbons (Fsp3) is 0.538. The fourth-order valence-corrected chi connectivity index (χ4v) is 2.62. The van der Waals surface area contributed by atoms with Crippen molar-refractivity contribution in [3.63, 3.8) is 0 Å². The third kappa shape index (κ3) is 2.73. The SMILES string of the molecule is CNC1(CO)CCCN(c2cccc(Cl)c2)C1. The molecule has 1 heterocycles. The molecule has 1 fully saturated rings. The number of nitrogens with zero attached hydrogens (tertiary/aromatic N) is 1. The average molecular weight is 255 g/mol. The van der Waals surface area contributed by atoms with E-state index in [-0.39, 0.29) is 12.1 Å². The van der Waals surface area contributed by atoms with Gasteiger partial charge in [-0.3, -0.25) is 0 Å². The zero-order chi connectivity index (χ0) is 12.3. The van der Waals surface area contributed by atoms with E-state index in [4.69, 9.17) is 11.6 Å². The van der Waals surface area contributed by atoms with Gasteiger partial charge in [-0.05, 0) is 38.1 Å². The number of hydrogen-bond acceptors (Lipinski definition) is 3. The van der Waals surface area contributed by atoms with Crippen LogP contribution in [0.15, 0.2) is 24.3 Å². The second-order valence-electron chi connectivity index (χ2n) is 4.69. The van der Waals surface area contributed by atoms with Crippen molar-refractivity contribution >= 4 is 17.3 Å². The summed E-state index contributed by atoms with van der Waals surface area (Å²) >= 11 is 6.01. The Balaban J connectivity index is 2.17. The van der Waals surface area contributed by atoms with Gasteiger partial charge in [-0.1, -0.05) is 17.7 Å². The van der Waals surface area contributed by atoms with Crippen LogP contribution in [-0.2, 0) is 0 Å². The lowest BCUT2D eigenvalue weighted by molar-refractivity contribution is 0.149. The summed E-state index contributed by atoms with van der Waals surface area (Å²) in [6.07, 6.45) is 2.09. The van der Waals surface area contributed by atoms with Gasteiger partial charge in [0.25, 0.3) is 0 Å². The monoisotopic (exact) mass is 254 g/mol. The number of rotatable bonds is 3. The first-order chi connectivity index (χ1) is 8.19. The maximum Gasteiger partial charge on any atom is 0.0630 e. The van der Waals surface area contributed by atoms with Gasteiger partial charge in [0.05, 0.1) is 12.1 Å². The molecule has 0 saturated carbocycles. The molecule has 1 unspecified atom stereocenters. The highest BCUT2D eigenvalue weighted by atomic mass is 35.5. The van der Waals surface area contributed by atoms with Crippen molar-refractivity contribution in [3.05, 3.63) is 29.3 Å². The highest BCUT2D eigenvalue weighted by Gasteiger charge is 2.33. The predicted octanol–water partition coefficient (Wildman–Crippen LogP) is 1.89. The molecule has 1 aliphatic heterocycles. The summed E-state index contributed by atoms with van der Waals surface area (Å²) < 4.78 is 0. The number of benzene rings is 1. The zero-order valence-corrected chi connectivity index (χ0v) is 10.9. The molecule has 1 saturated heterocycles. The van der Waals surface area contributed by atoms with Gasteiger partial charge in [-0.15, -0.1) is 0 Å². The van der Waals surface area contributed by atoms with E-state index in [0.29, 0.717) is 0 Å². The Morgan fingerprint density at radius 3 is 3.00 bits per heavy atom. The molecule has 0 amide bonds. The first-order valence-electron chi connectivity index (χ1n) is 5.99. The fourth-order valence-electron chi connectivity index (χ4n) is 2.44. The molecular formula is C13H19ClN2O. The molecule has 1 aromatic rings. The standard InChI is InChI=1S/C13H19ClN2O/c1-15-13(10-17)6-3-7-16(9-13)12-5-2-4-11(14)8-12/h2,4-5,8,15,17H,3,6-7,9-10H2,1H3. The van der Waals surface area contributed by atoms with Gasteiger partial charge in [-0.2, -0.15) is 0 Å². The van der Waals surface area contributed by atoms with Crippen molar-refractivity contribution in [2.75, 3.05) is 31.6 Å². The molecule has 0 radical (unpaired) electrons. The van der Waals surface area contributed by atoms with E-state index < -0.39 is 0 Å². The second-order valence-corrected chi connectivity index (χ2v) is 5.13. The van der Waals surface area contributed by atoms with Gasteiger partial charge in [-0.25, -0.2) is 0 Å². The predicted molar refractivity (Wildman–Crippen MR) is 71.8 cm³/mol. The molecule has 0 aromatic heterocycles. The van der Waals surface area contributed by atoms with Gasteiger partial charge in [0.15, 0.2) is 0 Å². The van der Waals surface area contributed by atoms with Crippen LogP contribution in [0.25, 0.3) is 0 Å². The van der Waals surface area contributed by atoms with E-state index in [0.717, 1.165) is 36.6 Å². The van der Waals surface area contributed by atoms with E-state index in [1.807, 2.05) is 25.2 Å². The van der Waals surface area contributed by atoms with E-state index in [2.05, 4.69) is 16.3 Å². The summed E-state index contributed by atoms with van der Waals surface area (Å²) in [5.41, 5.74) is 0.950. The number of likely N-dealkylation sites (N-methyl/N-ethyl adjacent to an activating group) is 1. The Hall–Kier alpha value is -0.770. The lowest BCUT2D eigenvalue weighted by atomic mass is 9.89. The van der Waals surface area contributed by atoms with Crippen molar-refractivity contribution < 1.29 is 5.11 Å². The van der Waals surface area contributed by atoms with Crippen molar-refractivity contribution in [1.82, 2.24) is 5.32 Å². The van der Waals surface area contributed by atoms with Gasteiger partial charge in [0.2, 0.25) is 0 Å². The van der Waals surface area contributed by atoms with Crippen molar-refractivity contribution in [1.29, 1.82) is 0 Å². The van der Waals surface area contributed by atoms with E-state index >= 15 is 0 Å². The van der Waals surface area contributed by atoms with Crippen LogP contribution in [0.3, 0.4) is 0 Å². The van der Waals surface area contributed by atoms with E-state index in [1.54, 1.807) is 0 Å². The highest BCUT2D eigenvalue weighted by molar-refractivity contribution is 6.30. The van der Waals surface area contributed by atoms with E-state index in [1.165, 1.54) is 0 Å². The number of piperidine rings is 1. The number of halogens is 1. The number of aliphatic hydroxyl groups excluding tert-OH is 1. The quantitative estimate of drug-likeness (QED) is 0.865. The molecule has 2 rings (SSSR count). The molecule has 0 aliphatic carbocycles. The molecule has 1 aromatic carbocycles. The molecule has 94 valence electrons. The molecule has 0 bridgehead atoms. The van der Waals surface area contributed by atoms with E-state index in [9.17, 15) is 5.11 Å². The summed E-state index contributed by atoms with van der Waals surface area (Å²) in [5, 5.41) is 13.6. The van der Waals surface area contributed by atoms with Crippen LogP contribution in [-0.4, -0.2) is 37.4 Å². The molecule has 2 N–H and O–H groups in total. The first-order valence-corrected chi connectivity index (χ1v) is 6.37. The molecule has 4 heteroatoms. The van der Waals surface area contributed by atoms with Gasteiger partial charge in [0, 0.05) is 23.8 Å². The Morgan fingerprint density at radius 2 is 2.35 bits per heavy atom. The van der Waals surface area contributed by atoms with Crippen molar-refractivity contribution in [2.24, 2.45) is 0 Å². The van der Waals surface area contributed by atoms with Crippen LogP contribution in [0, 0.1) is 0 Å². The van der Waals surface area contributed by atoms with Crippen LogP contribution in [0.1, 0.15) is 12.8 Å². The average Bonchev–Trinajstić information content (AvgIpc) is 2.39. The van der Waals surface area contributed by atoms with Gasteiger partial charge >= 0.3 is 0 Å². The Morgan fingerprint density at radius 1 is 1.53 bits per heavy atom. The minimum absolute atomic E-state index is 0.167. The number of hydrogen-bond donors (Lipinski definition) is 2. The van der Waals surface area contributed by atoms with Gasteiger partial charge in [0.1, 0.15) is 0 Å². The molecule has 1 aliphatic rings. The zero-order valence-electron chi connectivity index (χ0n) is 10.1. The number of aliphatic hydroxyl groups is 1. The normalized spacial score (nSPS) is 25.0. The van der Waals surface area contributed by atoms with Crippen LogP contribution >= 0.6 is 11.6 Å². The first kappa shape index (κ1) is 12.7. The summed E-state index contributed by atoms with van der Waals surface area (Å²) in [4.78, 5) is 2.28. The van der Waals surface area contributed by atoms with Crippen molar-refractivity contribution in [3.8, 4) is 0 Å². The minimum Gasteiger partial charge on any atom is -0.394 e. The molecule has 0 spiro atoms. The summed E-state index contributed by atoms with van der Waals surface area (Å²) in [6, 6.07) is 7.89. The smallest absolute Gasteiger partial charge is 0.0630 e. The molecule has 1 atom stereocenters.